The van der Waals surface area contributed by atoms with Gasteiger partial charge in [0, 0.05) is 15.2 Å². The Labute approximate surface area is 123 Å². The highest BCUT2D eigenvalue weighted by molar-refractivity contribution is 9.13. The Bertz CT molecular complexity index is 794. The summed E-state index contributed by atoms with van der Waals surface area (Å²) in [7, 11) is 0. The van der Waals surface area contributed by atoms with Crippen LogP contribution in [-0.4, -0.2) is 10.2 Å². The van der Waals surface area contributed by atoms with Crippen molar-refractivity contribution >= 4 is 54.0 Å². The van der Waals surface area contributed by atoms with E-state index in [2.05, 4.69) is 42.1 Å². The minimum absolute atomic E-state index is 0.166. The fourth-order valence-electron chi connectivity index (χ4n) is 1.77. The summed E-state index contributed by atoms with van der Waals surface area (Å²) in [5, 5.41) is 10.2. The second kappa shape index (κ2) is 4.60. The van der Waals surface area contributed by atoms with Crippen molar-refractivity contribution in [3.8, 4) is 10.6 Å². The highest BCUT2D eigenvalue weighted by atomic mass is 79.9. The van der Waals surface area contributed by atoms with E-state index in [1.54, 1.807) is 17.4 Å². The van der Waals surface area contributed by atoms with Gasteiger partial charge in [0.2, 0.25) is 0 Å². The van der Waals surface area contributed by atoms with Crippen LogP contribution in [0.4, 0.5) is 0 Å². The number of benzene rings is 1. The molecule has 18 heavy (non-hydrogen) atoms. The fraction of sp³-hybridized carbons (Fsp3) is 0. The van der Waals surface area contributed by atoms with Crippen molar-refractivity contribution in [2.45, 2.75) is 0 Å². The summed E-state index contributed by atoms with van der Waals surface area (Å²) in [6, 6.07) is 7.47. The van der Waals surface area contributed by atoms with Gasteiger partial charge in [-0.25, -0.2) is 5.10 Å². The lowest BCUT2D eigenvalue weighted by Crippen LogP contribution is -2.08. The van der Waals surface area contributed by atoms with E-state index >= 15 is 0 Å². The molecule has 90 valence electrons. The molecule has 3 rings (SSSR count). The molecule has 0 unspecified atom stereocenters. The van der Waals surface area contributed by atoms with E-state index in [-0.39, 0.29) is 5.56 Å². The molecule has 1 N–H and O–H groups in total. The monoisotopic (exact) mass is 384 g/mol. The topological polar surface area (TPSA) is 45.8 Å². The molecule has 0 fully saturated rings. The minimum atomic E-state index is -0.166. The lowest BCUT2D eigenvalue weighted by Gasteiger charge is -2.03. The Morgan fingerprint density at radius 2 is 1.89 bits per heavy atom. The molecule has 0 aliphatic rings. The van der Waals surface area contributed by atoms with Crippen LogP contribution in [0.25, 0.3) is 21.3 Å². The molecule has 6 heteroatoms. The highest BCUT2D eigenvalue weighted by Gasteiger charge is 2.14. The fourth-order valence-corrected chi connectivity index (χ4v) is 3.93. The van der Waals surface area contributed by atoms with Gasteiger partial charge in [0.05, 0.1) is 14.7 Å². The van der Waals surface area contributed by atoms with Crippen LogP contribution in [0.3, 0.4) is 0 Å². The number of aromatic nitrogens is 2. The number of H-pyrrole nitrogens is 1. The van der Waals surface area contributed by atoms with Gasteiger partial charge < -0.3 is 0 Å². The van der Waals surface area contributed by atoms with Gasteiger partial charge in [0.1, 0.15) is 5.69 Å². The summed E-state index contributed by atoms with van der Waals surface area (Å²) in [6.45, 7) is 0. The average Bonchev–Trinajstić information content (AvgIpc) is 2.71. The average molecular weight is 386 g/mol. The molecule has 1 aromatic carbocycles. The van der Waals surface area contributed by atoms with Gasteiger partial charge in [-0.1, -0.05) is 18.2 Å². The zero-order valence-corrected chi connectivity index (χ0v) is 12.9. The van der Waals surface area contributed by atoms with Gasteiger partial charge in [-0.3, -0.25) is 4.79 Å². The zero-order valence-electron chi connectivity index (χ0n) is 8.91. The lowest BCUT2D eigenvalue weighted by atomic mass is 10.1. The molecule has 2 heterocycles. The molecule has 0 amide bonds. The SMILES string of the molecule is O=c1[nH]nc(-c2scc(Br)c2Br)c2ccccc12. The van der Waals surface area contributed by atoms with Crippen LogP contribution < -0.4 is 5.56 Å². The Balaban J connectivity index is 2.41. The normalized spacial score (nSPS) is 11.0. The largest absolute Gasteiger partial charge is 0.272 e. The molecular weight excluding hydrogens is 380 g/mol. The maximum atomic E-state index is 11.7. The predicted octanol–water partition coefficient (Wildman–Crippen LogP) is 4.18. The summed E-state index contributed by atoms with van der Waals surface area (Å²) in [6.07, 6.45) is 0. The third-order valence-corrected chi connectivity index (χ3v) is 6.13. The van der Waals surface area contributed by atoms with Gasteiger partial charge in [-0.05, 0) is 37.9 Å². The smallest absolute Gasteiger partial charge is 0.267 e. The molecule has 0 aliphatic carbocycles. The molecule has 2 aromatic heterocycles. The molecule has 0 saturated heterocycles. The van der Waals surface area contributed by atoms with Crippen LogP contribution in [0.2, 0.25) is 0 Å². The summed E-state index contributed by atoms with van der Waals surface area (Å²) in [5.41, 5.74) is 0.619. The van der Waals surface area contributed by atoms with Gasteiger partial charge in [-0.15, -0.1) is 11.3 Å². The van der Waals surface area contributed by atoms with E-state index in [0.717, 1.165) is 24.9 Å². The third kappa shape index (κ3) is 1.84. The molecule has 0 radical (unpaired) electrons. The van der Waals surface area contributed by atoms with Crippen LogP contribution >= 0.6 is 43.2 Å². The number of nitrogens with one attached hydrogen (secondary N) is 1. The van der Waals surface area contributed by atoms with Crippen molar-refractivity contribution in [2.24, 2.45) is 0 Å². The number of hydrogen-bond acceptors (Lipinski definition) is 3. The van der Waals surface area contributed by atoms with Crippen LogP contribution in [0, 0.1) is 0 Å². The second-order valence-corrected chi connectivity index (χ2v) is 6.20. The lowest BCUT2D eigenvalue weighted by molar-refractivity contribution is 1.02. The maximum absolute atomic E-state index is 11.7. The highest BCUT2D eigenvalue weighted by Crippen LogP contribution is 2.40. The molecule has 0 atom stereocenters. The quantitative estimate of drug-likeness (QED) is 0.683. The van der Waals surface area contributed by atoms with Gasteiger partial charge in [0.15, 0.2) is 0 Å². The van der Waals surface area contributed by atoms with E-state index in [0.29, 0.717) is 5.39 Å². The van der Waals surface area contributed by atoms with Crippen molar-refractivity contribution < 1.29 is 0 Å². The number of thiophene rings is 1. The van der Waals surface area contributed by atoms with Crippen LogP contribution in [-0.2, 0) is 0 Å². The van der Waals surface area contributed by atoms with Gasteiger partial charge in [0.25, 0.3) is 5.56 Å². The Morgan fingerprint density at radius 1 is 1.17 bits per heavy atom. The first kappa shape index (κ1) is 12.1. The molecule has 0 aliphatic heterocycles. The van der Waals surface area contributed by atoms with Gasteiger partial charge in [-0.2, -0.15) is 5.10 Å². The Morgan fingerprint density at radius 3 is 2.56 bits per heavy atom. The van der Waals surface area contributed by atoms with Crippen molar-refractivity contribution in [3.63, 3.8) is 0 Å². The van der Waals surface area contributed by atoms with Crippen molar-refractivity contribution in [2.75, 3.05) is 0 Å². The summed E-state index contributed by atoms with van der Waals surface area (Å²) < 4.78 is 1.94. The number of hydrogen-bond donors (Lipinski definition) is 1. The maximum Gasteiger partial charge on any atom is 0.272 e. The van der Waals surface area contributed by atoms with Crippen molar-refractivity contribution in [1.82, 2.24) is 10.2 Å². The first-order valence-electron chi connectivity index (χ1n) is 5.09. The molecule has 0 saturated carbocycles. The van der Waals surface area contributed by atoms with E-state index < -0.39 is 0 Å². The summed E-state index contributed by atoms with van der Waals surface area (Å²) in [5.74, 6) is 0. The predicted molar refractivity (Wildman–Crippen MR) is 81.1 cm³/mol. The number of nitrogens with zero attached hydrogens (tertiary/aromatic N) is 1. The molecule has 3 aromatic rings. The standard InChI is InChI=1S/C12H6Br2N2OS/c13-8-5-18-11(9(8)14)10-6-3-1-2-4-7(6)12(17)16-15-10/h1-5H,(H,16,17). The minimum Gasteiger partial charge on any atom is -0.267 e. The number of rotatable bonds is 1. The van der Waals surface area contributed by atoms with Crippen LogP contribution in [0.5, 0.6) is 0 Å². The van der Waals surface area contributed by atoms with Gasteiger partial charge >= 0.3 is 0 Å². The molecule has 0 spiro atoms. The first-order chi connectivity index (χ1) is 8.68. The van der Waals surface area contributed by atoms with Crippen molar-refractivity contribution in [1.29, 1.82) is 0 Å². The molecule has 3 nitrogen and oxygen atoms in total. The summed E-state index contributed by atoms with van der Waals surface area (Å²) >= 11 is 8.55. The Hall–Kier alpha value is -0.980. The Kier molecular flexibility index (Phi) is 3.09. The van der Waals surface area contributed by atoms with E-state index in [1.165, 1.54) is 0 Å². The third-order valence-electron chi connectivity index (χ3n) is 2.60. The van der Waals surface area contributed by atoms with E-state index in [1.807, 2.05) is 23.6 Å². The molecule has 0 bridgehead atoms. The zero-order chi connectivity index (χ0) is 12.7. The van der Waals surface area contributed by atoms with Crippen LogP contribution in [0.15, 0.2) is 43.4 Å². The van der Waals surface area contributed by atoms with E-state index in [9.17, 15) is 4.79 Å². The second-order valence-electron chi connectivity index (χ2n) is 3.67. The molecular formula is C12H6Br2N2OS. The first-order valence-corrected chi connectivity index (χ1v) is 7.55. The van der Waals surface area contributed by atoms with E-state index in [4.69, 9.17) is 0 Å². The number of aromatic amines is 1. The van der Waals surface area contributed by atoms with Crippen molar-refractivity contribution in [3.05, 3.63) is 48.9 Å². The van der Waals surface area contributed by atoms with Crippen LogP contribution in [0.1, 0.15) is 0 Å². The number of halogens is 2. The number of fused-ring (bicyclic) bond motifs is 1. The summed E-state index contributed by atoms with van der Waals surface area (Å²) in [4.78, 5) is 12.7.